The number of nitrogens with one attached hydrogen (secondary N) is 1. The molecule has 6 nitrogen and oxygen atoms in total. The molecular formula is C25H36FN3O3. The van der Waals surface area contributed by atoms with Crippen molar-refractivity contribution in [3.8, 4) is 5.75 Å². The first-order chi connectivity index (χ1) is 15.3. The summed E-state index contributed by atoms with van der Waals surface area (Å²) in [6, 6.07) is 7.64. The fourth-order valence-electron chi connectivity index (χ4n) is 4.13. The minimum atomic E-state index is -0.396. The van der Waals surface area contributed by atoms with Gasteiger partial charge in [0.1, 0.15) is 11.6 Å². The molecule has 0 aliphatic carbocycles. The monoisotopic (exact) mass is 445 g/mol. The average molecular weight is 446 g/mol. The summed E-state index contributed by atoms with van der Waals surface area (Å²) in [6.07, 6.45) is 4.62. The number of pyridine rings is 1. The number of methoxy groups -OCH3 is 1. The van der Waals surface area contributed by atoms with Crippen LogP contribution in [0.1, 0.15) is 61.5 Å². The van der Waals surface area contributed by atoms with Crippen LogP contribution in [0.3, 0.4) is 0 Å². The molecule has 0 spiro atoms. The van der Waals surface area contributed by atoms with Crippen molar-refractivity contribution in [3.63, 3.8) is 0 Å². The van der Waals surface area contributed by atoms with Gasteiger partial charge in [-0.3, -0.25) is 19.9 Å². The number of carbonyl (C=O) groups excluding carboxylic acids is 1. The van der Waals surface area contributed by atoms with E-state index in [-0.39, 0.29) is 17.8 Å². The minimum Gasteiger partial charge on any atom is -0.495 e. The summed E-state index contributed by atoms with van der Waals surface area (Å²) in [4.78, 5) is 19.1. The van der Waals surface area contributed by atoms with Crippen LogP contribution >= 0.6 is 0 Å². The maximum Gasteiger partial charge on any atom is 0.246 e. The summed E-state index contributed by atoms with van der Waals surface area (Å²) in [5.41, 5.74) is 4.84. The number of nitrogens with zero attached hydrogens (tertiary/aromatic N) is 2. The Morgan fingerprint density at radius 3 is 2.47 bits per heavy atom. The first kappa shape index (κ1) is 25.7. The predicted octanol–water partition coefficient (Wildman–Crippen LogP) is 4.76. The van der Waals surface area contributed by atoms with Crippen molar-refractivity contribution < 1.29 is 19.1 Å². The quantitative estimate of drug-likeness (QED) is 0.280. The van der Waals surface area contributed by atoms with Gasteiger partial charge in [0.25, 0.3) is 0 Å². The van der Waals surface area contributed by atoms with Crippen LogP contribution in [0.5, 0.6) is 5.75 Å². The molecular weight excluding hydrogens is 409 g/mol. The second kappa shape index (κ2) is 12.5. The zero-order valence-electron chi connectivity index (χ0n) is 19.8. The number of ether oxygens (including phenoxy) is 1. The molecule has 2 rings (SSSR count). The first-order valence-electron chi connectivity index (χ1n) is 11.2. The number of amides is 1. The number of carbonyl (C=O) groups is 1. The number of aryl methyl sites for hydroxylation is 2. The Morgan fingerprint density at radius 2 is 1.94 bits per heavy atom. The zero-order valence-corrected chi connectivity index (χ0v) is 19.8. The van der Waals surface area contributed by atoms with E-state index in [0.717, 1.165) is 42.9 Å². The molecule has 1 heterocycles. The van der Waals surface area contributed by atoms with Crippen LogP contribution in [0.2, 0.25) is 0 Å². The third-order valence-corrected chi connectivity index (χ3v) is 6.08. The van der Waals surface area contributed by atoms with E-state index in [2.05, 4.69) is 23.7 Å². The van der Waals surface area contributed by atoms with Gasteiger partial charge in [0.15, 0.2) is 0 Å². The number of hydrogen-bond acceptors (Lipinski definition) is 5. The van der Waals surface area contributed by atoms with Gasteiger partial charge in [0, 0.05) is 12.0 Å². The van der Waals surface area contributed by atoms with Gasteiger partial charge in [0.2, 0.25) is 5.91 Å². The molecule has 1 aromatic heterocycles. The number of hydroxylamine groups is 1. The molecule has 2 atom stereocenters. The van der Waals surface area contributed by atoms with Crippen LogP contribution in [0.4, 0.5) is 4.39 Å². The van der Waals surface area contributed by atoms with Crippen LogP contribution in [0.15, 0.2) is 30.5 Å². The lowest BCUT2D eigenvalue weighted by molar-refractivity contribution is -0.133. The highest BCUT2D eigenvalue weighted by molar-refractivity contribution is 5.77. The zero-order chi connectivity index (χ0) is 23.7. The minimum absolute atomic E-state index is 0.174. The summed E-state index contributed by atoms with van der Waals surface area (Å²) in [7, 11) is 1.63. The van der Waals surface area contributed by atoms with Crippen LogP contribution in [0, 0.1) is 25.6 Å². The largest absolute Gasteiger partial charge is 0.495 e. The Bertz CT molecular complexity index is 850. The third kappa shape index (κ3) is 7.00. The number of halogens is 1. The van der Waals surface area contributed by atoms with Crippen LogP contribution in [-0.4, -0.2) is 41.2 Å². The van der Waals surface area contributed by atoms with Gasteiger partial charge in [-0.15, -0.1) is 0 Å². The lowest BCUT2D eigenvalue weighted by Gasteiger charge is -2.27. The van der Waals surface area contributed by atoms with Gasteiger partial charge in [-0.2, -0.15) is 0 Å². The third-order valence-electron chi connectivity index (χ3n) is 6.08. The standard InChI is InChI=1S/C25H36FN3O3/c1-6-29(19(4)23-11-10-22(32-5)16-27-23)12-8-7-9-21(25(30)28-31)15-20-13-17(2)24(26)18(3)14-20/h10-11,13-14,16,19,21,31H,6-9,12,15H2,1-5H3,(H,28,30)/t19-,21+/m1/s1. The molecule has 2 N–H and O–H groups in total. The van der Waals surface area contributed by atoms with Crippen LogP contribution in [-0.2, 0) is 11.2 Å². The predicted molar refractivity (Wildman–Crippen MR) is 123 cm³/mol. The van der Waals surface area contributed by atoms with E-state index in [1.165, 1.54) is 0 Å². The molecule has 7 heteroatoms. The van der Waals surface area contributed by atoms with Crippen molar-refractivity contribution in [2.45, 2.75) is 59.4 Å². The molecule has 176 valence electrons. The smallest absolute Gasteiger partial charge is 0.246 e. The molecule has 0 saturated heterocycles. The Balaban J connectivity index is 1.92. The lowest BCUT2D eigenvalue weighted by atomic mass is 9.91. The van der Waals surface area contributed by atoms with Gasteiger partial charge in [0.05, 0.1) is 19.0 Å². The van der Waals surface area contributed by atoms with E-state index in [4.69, 9.17) is 4.74 Å². The van der Waals surface area contributed by atoms with Crippen LogP contribution in [0.25, 0.3) is 0 Å². The van der Waals surface area contributed by atoms with Gasteiger partial charge in [-0.1, -0.05) is 25.5 Å². The number of benzene rings is 1. The molecule has 0 fully saturated rings. The van der Waals surface area contributed by atoms with E-state index >= 15 is 0 Å². The summed E-state index contributed by atoms with van der Waals surface area (Å²) < 4.78 is 19.1. The second-order valence-electron chi connectivity index (χ2n) is 8.34. The molecule has 0 aliphatic rings. The molecule has 1 amide bonds. The van der Waals surface area contributed by atoms with Crippen LogP contribution < -0.4 is 10.2 Å². The highest BCUT2D eigenvalue weighted by atomic mass is 19.1. The summed E-state index contributed by atoms with van der Waals surface area (Å²) >= 11 is 0. The van der Waals surface area contributed by atoms with Gasteiger partial charge >= 0.3 is 0 Å². The van der Waals surface area contributed by atoms with Crippen molar-refractivity contribution in [2.24, 2.45) is 5.92 Å². The molecule has 1 aromatic carbocycles. The normalized spacial score (nSPS) is 13.1. The highest BCUT2D eigenvalue weighted by Crippen LogP contribution is 2.23. The molecule has 0 radical (unpaired) electrons. The number of rotatable bonds is 12. The van der Waals surface area contributed by atoms with E-state index in [0.29, 0.717) is 24.0 Å². The van der Waals surface area contributed by atoms with E-state index in [1.807, 2.05) is 12.1 Å². The summed E-state index contributed by atoms with van der Waals surface area (Å²) in [5, 5.41) is 9.17. The Labute approximate surface area is 190 Å². The second-order valence-corrected chi connectivity index (χ2v) is 8.34. The van der Waals surface area contributed by atoms with E-state index in [9.17, 15) is 14.4 Å². The van der Waals surface area contributed by atoms with Gasteiger partial charge in [-0.05, 0) is 81.9 Å². The Kier molecular flexibility index (Phi) is 10.1. The van der Waals surface area contributed by atoms with E-state index in [1.54, 1.807) is 44.8 Å². The summed E-state index contributed by atoms with van der Waals surface area (Å²) in [6.45, 7) is 9.49. The lowest BCUT2D eigenvalue weighted by Crippen LogP contribution is -2.30. The van der Waals surface area contributed by atoms with Gasteiger partial charge in [-0.25, -0.2) is 9.87 Å². The fraction of sp³-hybridized carbons (Fsp3) is 0.520. The first-order valence-corrected chi connectivity index (χ1v) is 11.2. The molecule has 0 unspecified atom stereocenters. The SMILES string of the molecule is CCN(CCCC[C@@H](Cc1cc(C)c(F)c(C)c1)C(=O)NO)[C@H](C)c1ccc(OC)cn1. The van der Waals surface area contributed by atoms with Gasteiger partial charge < -0.3 is 4.74 Å². The number of hydrogen-bond donors (Lipinski definition) is 2. The number of unbranched alkanes of at least 4 members (excludes halogenated alkanes) is 1. The Morgan fingerprint density at radius 1 is 1.25 bits per heavy atom. The van der Waals surface area contributed by atoms with Crippen molar-refractivity contribution in [1.29, 1.82) is 0 Å². The molecule has 0 bridgehead atoms. The Hall–Kier alpha value is -2.51. The molecule has 0 aliphatic heterocycles. The maximum absolute atomic E-state index is 13.9. The fourth-order valence-corrected chi connectivity index (χ4v) is 4.13. The molecule has 0 saturated carbocycles. The van der Waals surface area contributed by atoms with Crippen molar-refractivity contribution in [3.05, 3.63) is 58.7 Å². The summed E-state index contributed by atoms with van der Waals surface area (Å²) in [5.74, 6) is -0.228. The molecule has 2 aromatic rings. The highest BCUT2D eigenvalue weighted by Gasteiger charge is 2.20. The topological polar surface area (TPSA) is 74.7 Å². The van der Waals surface area contributed by atoms with E-state index < -0.39 is 5.91 Å². The van der Waals surface area contributed by atoms with Crippen molar-refractivity contribution >= 4 is 5.91 Å². The van der Waals surface area contributed by atoms with Crippen molar-refractivity contribution in [2.75, 3.05) is 20.2 Å². The molecule has 32 heavy (non-hydrogen) atoms. The maximum atomic E-state index is 13.9. The number of aromatic nitrogens is 1. The average Bonchev–Trinajstić information content (AvgIpc) is 2.80. The van der Waals surface area contributed by atoms with Crippen molar-refractivity contribution in [1.82, 2.24) is 15.4 Å².